The molecule has 1 fully saturated rings. The minimum atomic E-state index is 0.147. The number of ether oxygens (including phenoxy) is 1. The number of hydrogen-bond donors (Lipinski definition) is 2. The van der Waals surface area contributed by atoms with Gasteiger partial charge in [-0.25, -0.2) is 0 Å². The fraction of sp³-hybridized carbons (Fsp3) is 0.600. The second kappa shape index (κ2) is 5.80. The number of methoxy groups -OCH3 is 1. The molecule has 0 saturated carbocycles. The molecular formula is C15H24N2O2. The van der Waals surface area contributed by atoms with E-state index >= 15 is 0 Å². The van der Waals surface area contributed by atoms with Gasteiger partial charge < -0.3 is 15.6 Å². The number of phenols is 1. The SMILES string of the molecule is COc1ccc(O)c(C(C)N2CCC(C)C(N)C2)c1. The Hall–Kier alpha value is -1.26. The van der Waals surface area contributed by atoms with E-state index in [4.69, 9.17) is 10.5 Å². The Bertz CT molecular complexity index is 436. The predicted molar refractivity (Wildman–Crippen MR) is 76.4 cm³/mol. The fourth-order valence-electron chi connectivity index (χ4n) is 2.67. The molecule has 1 aliphatic rings. The van der Waals surface area contributed by atoms with E-state index in [1.54, 1.807) is 19.2 Å². The maximum absolute atomic E-state index is 10.0. The molecule has 0 spiro atoms. The van der Waals surface area contributed by atoms with Crippen molar-refractivity contribution >= 4 is 0 Å². The summed E-state index contributed by atoms with van der Waals surface area (Å²) in [6.07, 6.45) is 1.11. The normalized spacial score (nSPS) is 26.1. The molecule has 3 atom stereocenters. The highest BCUT2D eigenvalue weighted by molar-refractivity contribution is 5.41. The Labute approximate surface area is 115 Å². The largest absolute Gasteiger partial charge is 0.508 e. The van der Waals surface area contributed by atoms with Gasteiger partial charge in [-0.2, -0.15) is 0 Å². The number of rotatable bonds is 3. The molecular weight excluding hydrogens is 240 g/mol. The van der Waals surface area contributed by atoms with Gasteiger partial charge in [-0.3, -0.25) is 4.90 Å². The van der Waals surface area contributed by atoms with Crippen LogP contribution in [-0.2, 0) is 0 Å². The monoisotopic (exact) mass is 264 g/mol. The highest BCUT2D eigenvalue weighted by atomic mass is 16.5. The van der Waals surface area contributed by atoms with E-state index < -0.39 is 0 Å². The van der Waals surface area contributed by atoms with Crippen LogP contribution in [0.1, 0.15) is 31.9 Å². The van der Waals surface area contributed by atoms with E-state index in [0.29, 0.717) is 11.7 Å². The minimum Gasteiger partial charge on any atom is -0.508 e. The molecule has 2 rings (SSSR count). The van der Waals surface area contributed by atoms with Gasteiger partial charge in [0.05, 0.1) is 7.11 Å². The lowest BCUT2D eigenvalue weighted by atomic mass is 9.92. The van der Waals surface area contributed by atoms with E-state index in [0.717, 1.165) is 30.8 Å². The van der Waals surface area contributed by atoms with Crippen LogP contribution >= 0.6 is 0 Å². The number of likely N-dealkylation sites (tertiary alicyclic amines) is 1. The lowest BCUT2D eigenvalue weighted by Gasteiger charge is -2.39. The Balaban J connectivity index is 2.17. The first kappa shape index (κ1) is 14.2. The van der Waals surface area contributed by atoms with Gasteiger partial charge in [-0.1, -0.05) is 6.92 Å². The van der Waals surface area contributed by atoms with Gasteiger partial charge in [0.2, 0.25) is 0 Å². The molecule has 1 aliphatic heterocycles. The first-order valence-electron chi connectivity index (χ1n) is 6.89. The molecule has 0 amide bonds. The second-order valence-electron chi connectivity index (χ2n) is 5.53. The third-order valence-electron chi connectivity index (χ3n) is 4.28. The van der Waals surface area contributed by atoms with Gasteiger partial charge in [0.15, 0.2) is 0 Å². The third kappa shape index (κ3) is 3.01. The smallest absolute Gasteiger partial charge is 0.120 e. The van der Waals surface area contributed by atoms with E-state index in [2.05, 4.69) is 18.7 Å². The summed E-state index contributed by atoms with van der Waals surface area (Å²) in [6, 6.07) is 5.73. The Morgan fingerprint density at radius 2 is 2.21 bits per heavy atom. The highest BCUT2D eigenvalue weighted by Crippen LogP contribution is 2.33. The zero-order valence-corrected chi connectivity index (χ0v) is 12.0. The van der Waals surface area contributed by atoms with E-state index in [9.17, 15) is 5.11 Å². The topological polar surface area (TPSA) is 58.7 Å². The summed E-state index contributed by atoms with van der Waals surface area (Å²) in [6.45, 7) is 6.21. The average molecular weight is 264 g/mol. The van der Waals surface area contributed by atoms with Crippen LogP contribution in [0.25, 0.3) is 0 Å². The Morgan fingerprint density at radius 3 is 2.84 bits per heavy atom. The number of benzene rings is 1. The van der Waals surface area contributed by atoms with E-state index in [-0.39, 0.29) is 12.1 Å². The van der Waals surface area contributed by atoms with Crippen molar-refractivity contribution < 1.29 is 9.84 Å². The molecule has 0 aliphatic carbocycles. The minimum absolute atomic E-state index is 0.147. The molecule has 0 aromatic heterocycles. The van der Waals surface area contributed by atoms with Crippen molar-refractivity contribution in [3.8, 4) is 11.5 Å². The lowest BCUT2D eigenvalue weighted by Crippen LogP contribution is -2.48. The Morgan fingerprint density at radius 1 is 1.47 bits per heavy atom. The summed E-state index contributed by atoms with van der Waals surface area (Å²) >= 11 is 0. The quantitative estimate of drug-likeness (QED) is 0.878. The summed E-state index contributed by atoms with van der Waals surface area (Å²) in [5, 5.41) is 10.0. The summed E-state index contributed by atoms with van der Waals surface area (Å²) in [5.74, 6) is 1.66. The molecule has 19 heavy (non-hydrogen) atoms. The summed E-state index contributed by atoms with van der Waals surface area (Å²) < 4.78 is 5.23. The van der Waals surface area contributed by atoms with Crippen molar-refractivity contribution in [3.05, 3.63) is 23.8 Å². The van der Waals surface area contributed by atoms with Crippen molar-refractivity contribution in [1.29, 1.82) is 0 Å². The van der Waals surface area contributed by atoms with Gasteiger partial charge in [0.1, 0.15) is 11.5 Å². The second-order valence-corrected chi connectivity index (χ2v) is 5.53. The zero-order valence-electron chi connectivity index (χ0n) is 12.0. The molecule has 0 bridgehead atoms. The fourth-order valence-corrected chi connectivity index (χ4v) is 2.67. The summed E-state index contributed by atoms with van der Waals surface area (Å²) in [7, 11) is 1.64. The van der Waals surface area contributed by atoms with Crippen molar-refractivity contribution in [2.75, 3.05) is 20.2 Å². The van der Waals surface area contributed by atoms with Crippen LogP contribution in [0.3, 0.4) is 0 Å². The van der Waals surface area contributed by atoms with Crippen molar-refractivity contribution in [2.45, 2.75) is 32.4 Å². The van der Waals surface area contributed by atoms with Gasteiger partial charge >= 0.3 is 0 Å². The summed E-state index contributed by atoms with van der Waals surface area (Å²) in [4.78, 5) is 2.33. The number of nitrogens with two attached hydrogens (primary N) is 1. The predicted octanol–water partition coefficient (Wildman–Crippen LogP) is 2.13. The number of nitrogens with zero attached hydrogens (tertiary/aromatic N) is 1. The number of piperidine rings is 1. The van der Waals surface area contributed by atoms with Crippen LogP contribution in [0, 0.1) is 5.92 Å². The van der Waals surface area contributed by atoms with E-state index in [1.807, 2.05) is 6.07 Å². The molecule has 0 radical (unpaired) electrons. The van der Waals surface area contributed by atoms with Crippen LogP contribution in [0.2, 0.25) is 0 Å². The van der Waals surface area contributed by atoms with Crippen LogP contribution in [-0.4, -0.2) is 36.2 Å². The van der Waals surface area contributed by atoms with Gasteiger partial charge in [0.25, 0.3) is 0 Å². The summed E-state index contributed by atoms with van der Waals surface area (Å²) in [5.41, 5.74) is 7.05. The van der Waals surface area contributed by atoms with Crippen molar-refractivity contribution in [3.63, 3.8) is 0 Å². The van der Waals surface area contributed by atoms with Crippen LogP contribution in [0.5, 0.6) is 11.5 Å². The molecule has 106 valence electrons. The number of aromatic hydroxyl groups is 1. The van der Waals surface area contributed by atoms with Crippen LogP contribution in [0.15, 0.2) is 18.2 Å². The van der Waals surface area contributed by atoms with Crippen LogP contribution in [0.4, 0.5) is 0 Å². The Kier molecular flexibility index (Phi) is 4.32. The van der Waals surface area contributed by atoms with Crippen LogP contribution < -0.4 is 10.5 Å². The van der Waals surface area contributed by atoms with Crippen molar-refractivity contribution in [2.24, 2.45) is 11.7 Å². The van der Waals surface area contributed by atoms with Crippen molar-refractivity contribution in [1.82, 2.24) is 4.90 Å². The first-order chi connectivity index (χ1) is 9.02. The number of hydrogen-bond acceptors (Lipinski definition) is 4. The molecule has 1 heterocycles. The number of phenolic OH excluding ortho intramolecular Hbond substituents is 1. The molecule has 3 N–H and O–H groups in total. The van der Waals surface area contributed by atoms with E-state index in [1.165, 1.54) is 0 Å². The zero-order chi connectivity index (χ0) is 14.0. The molecule has 3 unspecified atom stereocenters. The lowest BCUT2D eigenvalue weighted by molar-refractivity contribution is 0.127. The third-order valence-corrected chi connectivity index (χ3v) is 4.28. The van der Waals surface area contributed by atoms with Gasteiger partial charge in [-0.05, 0) is 44.0 Å². The molecule has 1 aromatic carbocycles. The van der Waals surface area contributed by atoms with Gasteiger partial charge in [-0.15, -0.1) is 0 Å². The molecule has 4 heteroatoms. The maximum Gasteiger partial charge on any atom is 0.120 e. The molecule has 1 aromatic rings. The van der Waals surface area contributed by atoms with Gasteiger partial charge in [0, 0.05) is 24.2 Å². The maximum atomic E-state index is 10.0. The first-order valence-corrected chi connectivity index (χ1v) is 6.89. The molecule has 1 saturated heterocycles. The molecule has 4 nitrogen and oxygen atoms in total. The average Bonchev–Trinajstić information content (AvgIpc) is 2.41. The standard InChI is InChI=1S/C15H24N2O2/c1-10-6-7-17(9-14(10)16)11(2)13-8-12(19-3)4-5-15(13)18/h4-5,8,10-11,14,18H,6-7,9,16H2,1-3H3. The highest BCUT2D eigenvalue weighted by Gasteiger charge is 2.27.